The second-order valence-electron chi connectivity index (χ2n) is 28.9. The first kappa shape index (κ1) is 100. The molecular formula is C69H117N19O25. The fourth-order valence-corrected chi connectivity index (χ4v) is 11.4. The van der Waals surface area contributed by atoms with Crippen molar-refractivity contribution >= 4 is 118 Å². The molecule has 1 heterocycles. The number of nitrogens with one attached hydrogen (secondary N) is 13. The number of aliphatic hydroxyl groups is 2. The molecule has 1 fully saturated rings. The minimum absolute atomic E-state index is 0.0412. The van der Waals surface area contributed by atoms with Crippen LogP contribution in [-0.4, -0.2) is 266 Å². The molecule has 44 heteroatoms. The van der Waals surface area contributed by atoms with Crippen molar-refractivity contribution in [3.63, 3.8) is 0 Å². The van der Waals surface area contributed by atoms with Crippen molar-refractivity contribution in [3.8, 4) is 0 Å². The Morgan fingerprint density at radius 3 is 1.37 bits per heavy atom. The van der Waals surface area contributed by atoms with E-state index in [0.29, 0.717) is 12.8 Å². The maximum Gasteiger partial charge on any atom is 0.305 e. The van der Waals surface area contributed by atoms with E-state index in [0.717, 1.165) is 6.92 Å². The molecule has 17 amide bonds. The van der Waals surface area contributed by atoms with Crippen molar-refractivity contribution in [1.29, 1.82) is 0 Å². The molecule has 0 aromatic carbocycles. The molecule has 0 aromatic rings. The Labute approximate surface area is 652 Å². The fourth-order valence-electron chi connectivity index (χ4n) is 11.4. The van der Waals surface area contributed by atoms with Gasteiger partial charge < -0.3 is 128 Å². The molecule has 16 atom stereocenters. The number of hydrogen-bond acceptors (Lipinski definition) is 24. The summed E-state index contributed by atoms with van der Waals surface area (Å²) in [7, 11) is 0. The highest BCUT2D eigenvalue weighted by molar-refractivity contribution is 6.01. The summed E-state index contributed by atoms with van der Waals surface area (Å²) < 4.78 is 0. The van der Waals surface area contributed by atoms with Crippen molar-refractivity contribution in [2.45, 2.75) is 263 Å². The number of aliphatic carboxylic acids is 3. The minimum atomic E-state index is -2.02. The number of primary amides is 3. The maximum atomic E-state index is 14.5. The van der Waals surface area contributed by atoms with E-state index in [1.807, 2.05) is 24.5 Å². The smallest absolute Gasteiger partial charge is 0.305 e. The topological polar surface area (TPSA) is 732 Å². The SMILES string of the molecule is CC[C@H](C)[C@H](NC(=O)[C@H](CCC(N)=O)NC(=O)[C@@H]1CCCN1C(=O)[C@H](CC(C)C)NC(=O)[C@H](C)NC(=O)[C@@H](N)CC(C)C)C(=O)N[C@@H](CCC(=O)O)C(=O)N[C@@H](CC(N)=O)C(=O)N[C@H](C(=O)N[C@@H](CCCCN)C(=O)NCC(=O)N[C@H](C(=O)N[C@@H](CCC(=O)O)C(=O)N[C@@H](CC(=O)O)C(=O)N[C@@H](CO)C(N)=O)[C@@H](C)O)C(C)C. The highest BCUT2D eigenvalue weighted by Crippen LogP contribution is 2.22. The van der Waals surface area contributed by atoms with E-state index in [1.54, 1.807) is 20.8 Å². The van der Waals surface area contributed by atoms with Crippen molar-refractivity contribution in [2.24, 2.45) is 52.3 Å². The Bertz CT molecular complexity index is 3360. The van der Waals surface area contributed by atoms with E-state index in [4.69, 9.17) is 28.7 Å². The van der Waals surface area contributed by atoms with Crippen LogP contribution in [-0.2, 0) is 95.9 Å². The van der Waals surface area contributed by atoms with Crippen molar-refractivity contribution in [2.75, 3.05) is 26.2 Å². The summed E-state index contributed by atoms with van der Waals surface area (Å²) in [4.78, 5) is 267. The highest BCUT2D eigenvalue weighted by Gasteiger charge is 2.42. The van der Waals surface area contributed by atoms with Crippen molar-refractivity contribution < 1.29 is 121 Å². The first-order valence-electron chi connectivity index (χ1n) is 37.2. The Morgan fingerprint density at radius 2 is 0.903 bits per heavy atom. The van der Waals surface area contributed by atoms with Crippen LogP contribution in [0.3, 0.4) is 0 Å². The van der Waals surface area contributed by atoms with Crippen molar-refractivity contribution in [3.05, 3.63) is 0 Å². The van der Waals surface area contributed by atoms with Gasteiger partial charge in [-0.25, -0.2) is 0 Å². The number of carbonyl (C=O) groups excluding carboxylic acids is 17. The first-order chi connectivity index (χ1) is 52.7. The summed E-state index contributed by atoms with van der Waals surface area (Å²) in [5.74, 6) is -24.7. The van der Waals surface area contributed by atoms with Gasteiger partial charge in [0.1, 0.15) is 78.5 Å². The number of aliphatic hydroxyl groups excluding tert-OH is 2. The van der Waals surface area contributed by atoms with Crippen LogP contribution in [0.2, 0.25) is 0 Å². The van der Waals surface area contributed by atoms with Gasteiger partial charge in [-0.1, -0.05) is 61.8 Å². The summed E-state index contributed by atoms with van der Waals surface area (Å²) in [5.41, 5.74) is 27.8. The van der Waals surface area contributed by atoms with Crippen LogP contribution in [0.4, 0.5) is 0 Å². The van der Waals surface area contributed by atoms with Crippen LogP contribution in [0, 0.1) is 23.7 Å². The van der Waals surface area contributed by atoms with Crippen LogP contribution in [0.15, 0.2) is 0 Å². The van der Waals surface area contributed by atoms with Gasteiger partial charge in [0.2, 0.25) is 100 Å². The van der Waals surface area contributed by atoms with Crippen LogP contribution in [0.25, 0.3) is 0 Å². The average Bonchev–Trinajstić information content (AvgIpc) is 1.80. The third-order valence-corrected chi connectivity index (χ3v) is 17.9. The molecule has 0 aromatic heterocycles. The molecular weight excluding hydrogens is 1490 g/mol. The number of likely N-dealkylation sites (tertiary alicyclic amines) is 1. The van der Waals surface area contributed by atoms with E-state index in [9.17, 15) is 121 Å². The zero-order chi connectivity index (χ0) is 86.4. The number of unbranched alkanes of at least 4 members (excludes halogenated alkanes) is 1. The third kappa shape index (κ3) is 37.0. The zero-order valence-corrected chi connectivity index (χ0v) is 65.3. The van der Waals surface area contributed by atoms with Gasteiger partial charge in [-0.2, -0.15) is 0 Å². The third-order valence-electron chi connectivity index (χ3n) is 17.9. The van der Waals surface area contributed by atoms with E-state index >= 15 is 0 Å². The summed E-state index contributed by atoms with van der Waals surface area (Å²) in [5, 5.41) is 78.8. The second-order valence-corrected chi connectivity index (χ2v) is 28.9. The van der Waals surface area contributed by atoms with Crippen LogP contribution < -0.4 is 97.8 Å². The monoisotopic (exact) mass is 1610 g/mol. The lowest BCUT2D eigenvalue weighted by Crippen LogP contribution is -2.62. The molecule has 0 spiro atoms. The molecule has 638 valence electrons. The summed E-state index contributed by atoms with van der Waals surface area (Å²) in [6.45, 7) is 13.8. The van der Waals surface area contributed by atoms with Gasteiger partial charge in [0.05, 0.1) is 38.1 Å². The van der Waals surface area contributed by atoms with Gasteiger partial charge >= 0.3 is 17.9 Å². The molecule has 1 aliphatic rings. The van der Waals surface area contributed by atoms with Gasteiger partial charge in [-0.05, 0) is 108 Å². The van der Waals surface area contributed by atoms with Gasteiger partial charge in [-0.15, -0.1) is 0 Å². The normalized spacial score (nSPS) is 16.5. The average molecular weight is 1610 g/mol. The predicted molar refractivity (Wildman–Crippen MR) is 397 cm³/mol. The molecule has 1 saturated heterocycles. The number of amides is 17. The van der Waals surface area contributed by atoms with E-state index < -0.39 is 285 Å². The molecule has 1 rings (SSSR count). The molecule has 44 nitrogen and oxygen atoms in total. The highest BCUT2D eigenvalue weighted by atomic mass is 16.4. The molecule has 0 unspecified atom stereocenters. The molecule has 113 heavy (non-hydrogen) atoms. The largest absolute Gasteiger partial charge is 0.481 e. The van der Waals surface area contributed by atoms with E-state index in [1.165, 1.54) is 32.6 Å². The lowest BCUT2D eigenvalue weighted by atomic mass is 9.96. The number of carboxylic acids is 3. The number of carbonyl (C=O) groups is 20. The maximum absolute atomic E-state index is 14.5. The zero-order valence-electron chi connectivity index (χ0n) is 65.3. The first-order valence-corrected chi connectivity index (χ1v) is 37.2. The fraction of sp³-hybridized carbons (Fsp3) is 0.710. The summed E-state index contributed by atoms with van der Waals surface area (Å²) in [6, 6.07) is -22.4. The van der Waals surface area contributed by atoms with Gasteiger partial charge in [0, 0.05) is 25.8 Å². The molecule has 28 N–H and O–H groups in total. The summed E-state index contributed by atoms with van der Waals surface area (Å²) >= 11 is 0. The Morgan fingerprint density at radius 1 is 0.451 bits per heavy atom. The minimum Gasteiger partial charge on any atom is -0.481 e. The lowest BCUT2D eigenvalue weighted by Gasteiger charge is -2.32. The van der Waals surface area contributed by atoms with Gasteiger partial charge in [0.25, 0.3) is 0 Å². The summed E-state index contributed by atoms with van der Waals surface area (Å²) in [6.07, 6.45) is -6.74. The second kappa shape index (κ2) is 50.3. The van der Waals surface area contributed by atoms with Crippen LogP contribution in [0.1, 0.15) is 172 Å². The standard InChI is InChI=1S/C69H117N19O25/c1-11-34(8)54(87-62(106)39(17-20-47(72)91)77-65(109)46-16-14-24-88(46)69(113)44(26-32(4)5)83-57(101)35(9)76-58(102)37(71)25-31(2)3)67(111)79-40(18-21-50(94)95)60(104)81-42(27-48(73)92)64(108)86-53(33(6)7)66(110)78-38(15-12-13-23-70)59(103)75-29-49(93)85-55(36(10)90)68(112)80-41(19-22-51(96)97)61(105)82-43(28-52(98)99)63(107)84-45(30-89)56(74)100/h31-46,53-55,89-90H,11-30,70-71H2,1-10H3,(H2,72,91)(H2,73,92)(H2,74,100)(H,75,103)(H,76,102)(H,77,109)(H,78,110)(H,79,111)(H,80,112)(H,81,104)(H,82,105)(H,83,101)(H,84,107)(H,85,93)(H,86,108)(H,87,106)(H,94,95)(H,96,97)(H,98,99)/t34-,35-,36+,37-,38-,39-,40-,41-,42-,43-,44-,45-,46-,53-,54-,55-/m0/s1. The molecule has 0 bridgehead atoms. The van der Waals surface area contributed by atoms with Crippen LogP contribution in [0.5, 0.6) is 0 Å². The quantitative estimate of drug-likeness (QED) is 0.0252. The van der Waals surface area contributed by atoms with E-state index in [2.05, 4.69) is 58.5 Å². The molecule has 1 aliphatic heterocycles. The Kier molecular flexibility index (Phi) is 44.6. The predicted octanol–water partition coefficient (Wildman–Crippen LogP) is -8.61. The Balaban J connectivity index is 3.53. The number of nitrogens with zero attached hydrogens (tertiary/aromatic N) is 1. The Hall–Kier alpha value is -10.8. The van der Waals surface area contributed by atoms with E-state index in [-0.39, 0.29) is 63.5 Å². The number of hydrogen-bond donors (Lipinski definition) is 23. The molecule has 0 aliphatic carbocycles. The van der Waals surface area contributed by atoms with Crippen LogP contribution >= 0.6 is 0 Å². The lowest BCUT2D eigenvalue weighted by molar-refractivity contribution is -0.143. The molecule has 0 radical (unpaired) electrons. The molecule has 0 saturated carbocycles. The number of carboxylic acid groups (broad SMARTS) is 3. The van der Waals surface area contributed by atoms with Gasteiger partial charge in [-0.3, -0.25) is 95.9 Å². The van der Waals surface area contributed by atoms with Crippen molar-refractivity contribution in [1.82, 2.24) is 74.0 Å². The van der Waals surface area contributed by atoms with Gasteiger partial charge in [0.15, 0.2) is 0 Å². The number of rotatable bonds is 54. The number of nitrogens with two attached hydrogens (primary N) is 5.